The maximum Gasteiger partial charge on any atom is 0.314 e. The lowest BCUT2D eigenvalue weighted by molar-refractivity contribution is 0.0935. The largest absolute Gasteiger partial charge is 0.351 e. The van der Waals surface area contributed by atoms with Crippen LogP contribution >= 0.6 is 0 Å². The topological polar surface area (TPSA) is 93.2 Å². The predicted molar refractivity (Wildman–Crippen MR) is 99.3 cm³/mol. The van der Waals surface area contributed by atoms with E-state index in [1.165, 1.54) is 0 Å². The summed E-state index contributed by atoms with van der Waals surface area (Å²) in [5, 5.41) is 7.68. The number of aromatic nitrogens is 2. The van der Waals surface area contributed by atoms with Crippen LogP contribution in [-0.2, 0) is 5.41 Å². The maximum atomic E-state index is 12.9. The van der Waals surface area contributed by atoms with Crippen LogP contribution in [0.3, 0.4) is 0 Å². The van der Waals surface area contributed by atoms with E-state index >= 15 is 0 Å². The van der Waals surface area contributed by atoms with Crippen LogP contribution in [0.2, 0.25) is 0 Å². The molecule has 1 aliphatic rings. The van der Waals surface area contributed by atoms with Gasteiger partial charge >= 0.3 is 6.03 Å². The molecule has 2 aromatic rings. The third-order valence-electron chi connectivity index (χ3n) is 4.53. The quantitative estimate of drug-likeness (QED) is 0.882. The summed E-state index contributed by atoms with van der Waals surface area (Å²) in [6.07, 6.45) is 2.47. The standard InChI is InChI=1S/C19H25N5O2/c1-19(2,3)16-15(12-24(22-16)14-7-5-4-6-8-14)17(25)21-13-9-10-23(11-13)18(20)26/h4-8,12-13H,9-11H2,1-3H3,(H2,20,26)(H,21,25). The van der Waals surface area contributed by atoms with Gasteiger partial charge in [0.2, 0.25) is 0 Å². The summed E-state index contributed by atoms with van der Waals surface area (Å²) < 4.78 is 1.74. The molecule has 1 fully saturated rings. The zero-order chi connectivity index (χ0) is 18.9. The Morgan fingerprint density at radius 1 is 1.23 bits per heavy atom. The number of carbonyl (C=O) groups is 2. The molecule has 7 heteroatoms. The summed E-state index contributed by atoms with van der Waals surface area (Å²) in [5.74, 6) is -0.173. The monoisotopic (exact) mass is 355 g/mol. The molecule has 3 amide bonds. The Balaban J connectivity index is 1.85. The molecule has 1 aliphatic heterocycles. The lowest BCUT2D eigenvalue weighted by Gasteiger charge is -2.18. The van der Waals surface area contributed by atoms with E-state index in [-0.39, 0.29) is 17.4 Å². The number of nitrogens with zero attached hydrogens (tertiary/aromatic N) is 3. The zero-order valence-electron chi connectivity index (χ0n) is 15.4. The van der Waals surface area contributed by atoms with E-state index in [0.29, 0.717) is 25.1 Å². The number of rotatable bonds is 3. The van der Waals surface area contributed by atoms with Gasteiger partial charge in [-0.15, -0.1) is 0 Å². The Bertz CT molecular complexity index is 807. The van der Waals surface area contributed by atoms with Gasteiger partial charge in [0.1, 0.15) is 0 Å². The highest BCUT2D eigenvalue weighted by Gasteiger charge is 2.30. The number of likely N-dealkylation sites (tertiary alicyclic amines) is 1. The van der Waals surface area contributed by atoms with Crippen molar-refractivity contribution in [1.29, 1.82) is 0 Å². The fraction of sp³-hybridized carbons (Fsp3) is 0.421. The normalized spacial score (nSPS) is 17.3. The molecular weight excluding hydrogens is 330 g/mol. The SMILES string of the molecule is CC(C)(C)c1nn(-c2ccccc2)cc1C(=O)NC1CCN(C(N)=O)C1. The summed E-state index contributed by atoms with van der Waals surface area (Å²) in [6, 6.07) is 9.16. The van der Waals surface area contributed by atoms with Crippen molar-refractivity contribution < 1.29 is 9.59 Å². The van der Waals surface area contributed by atoms with Gasteiger partial charge in [0.15, 0.2) is 0 Å². The van der Waals surface area contributed by atoms with Gasteiger partial charge in [-0.1, -0.05) is 39.0 Å². The number of hydrogen-bond donors (Lipinski definition) is 2. The molecule has 0 spiro atoms. The first kappa shape index (κ1) is 18.0. The third-order valence-corrected chi connectivity index (χ3v) is 4.53. The Labute approximate surface area is 153 Å². The van der Waals surface area contributed by atoms with Gasteiger partial charge in [-0.2, -0.15) is 5.10 Å². The number of carbonyl (C=O) groups excluding carboxylic acids is 2. The number of nitrogens with two attached hydrogens (primary N) is 1. The molecule has 138 valence electrons. The molecular formula is C19H25N5O2. The maximum absolute atomic E-state index is 12.9. The lowest BCUT2D eigenvalue weighted by atomic mass is 9.89. The second-order valence-electron chi connectivity index (χ2n) is 7.66. The van der Waals surface area contributed by atoms with Crippen LogP contribution in [0.5, 0.6) is 0 Å². The van der Waals surface area contributed by atoms with Crippen molar-refractivity contribution in [3.05, 3.63) is 47.8 Å². The molecule has 1 saturated heterocycles. The van der Waals surface area contributed by atoms with Crippen molar-refractivity contribution in [3.63, 3.8) is 0 Å². The fourth-order valence-corrected chi connectivity index (χ4v) is 3.15. The van der Waals surface area contributed by atoms with Gasteiger partial charge in [-0.3, -0.25) is 4.79 Å². The summed E-state index contributed by atoms with van der Waals surface area (Å²) in [4.78, 5) is 25.7. The van der Waals surface area contributed by atoms with E-state index in [4.69, 9.17) is 5.73 Å². The van der Waals surface area contributed by atoms with E-state index in [1.54, 1.807) is 15.8 Å². The summed E-state index contributed by atoms with van der Waals surface area (Å²) >= 11 is 0. The molecule has 0 saturated carbocycles. The Hall–Kier alpha value is -2.83. The number of primary amides is 1. The number of urea groups is 1. The second kappa shape index (κ2) is 6.82. The molecule has 1 unspecified atom stereocenters. The minimum Gasteiger partial charge on any atom is -0.351 e. The number of amides is 3. The molecule has 3 N–H and O–H groups in total. The lowest BCUT2D eigenvalue weighted by Crippen LogP contribution is -2.40. The number of nitrogens with one attached hydrogen (secondary N) is 1. The average Bonchev–Trinajstić information content (AvgIpc) is 3.22. The first-order valence-electron chi connectivity index (χ1n) is 8.76. The van der Waals surface area contributed by atoms with Crippen molar-refractivity contribution in [3.8, 4) is 5.69 Å². The highest BCUT2D eigenvalue weighted by molar-refractivity contribution is 5.95. The summed E-state index contributed by atoms with van der Waals surface area (Å²) in [7, 11) is 0. The Kier molecular flexibility index (Phi) is 4.71. The predicted octanol–water partition coefficient (Wildman–Crippen LogP) is 2.05. The summed E-state index contributed by atoms with van der Waals surface area (Å²) in [6.45, 7) is 7.11. The van der Waals surface area contributed by atoms with E-state index in [2.05, 4.69) is 10.4 Å². The van der Waals surface area contributed by atoms with Gasteiger partial charge in [0.25, 0.3) is 5.91 Å². The van der Waals surface area contributed by atoms with Crippen LogP contribution in [0.25, 0.3) is 5.69 Å². The Morgan fingerprint density at radius 2 is 1.92 bits per heavy atom. The molecule has 3 rings (SSSR count). The second-order valence-corrected chi connectivity index (χ2v) is 7.66. The number of benzene rings is 1. The van der Waals surface area contributed by atoms with E-state index in [1.807, 2.05) is 51.1 Å². The third kappa shape index (κ3) is 3.71. The van der Waals surface area contributed by atoms with E-state index in [0.717, 1.165) is 11.4 Å². The van der Waals surface area contributed by atoms with Crippen molar-refractivity contribution >= 4 is 11.9 Å². The van der Waals surface area contributed by atoms with E-state index in [9.17, 15) is 9.59 Å². The molecule has 7 nitrogen and oxygen atoms in total. The van der Waals surface area contributed by atoms with Crippen molar-refractivity contribution in [2.24, 2.45) is 5.73 Å². The van der Waals surface area contributed by atoms with Crippen molar-refractivity contribution in [1.82, 2.24) is 20.0 Å². The van der Waals surface area contributed by atoms with Gasteiger partial charge < -0.3 is 16.0 Å². The molecule has 0 radical (unpaired) electrons. The summed E-state index contributed by atoms with van der Waals surface area (Å²) in [5.41, 5.74) is 7.23. The number of hydrogen-bond acceptors (Lipinski definition) is 3. The molecule has 1 aromatic carbocycles. The first-order chi connectivity index (χ1) is 12.3. The molecule has 26 heavy (non-hydrogen) atoms. The molecule has 0 bridgehead atoms. The average molecular weight is 355 g/mol. The van der Waals surface area contributed by atoms with Gasteiger partial charge in [0.05, 0.1) is 16.9 Å². The van der Waals surface area contributed by atoms with Gasteiger partial charge in [0, 0.05) is 30.7 Å². The van der Waals surface area contributed by atoms with Crippen molar-refractivity contribution in [2.75, 3.05) is 13.1 Å². The highest BCUT2D eigenvalue weighted by atomic mass is 16.2. The minimum absolute atomic E-state index is 0.0945. The first-order valence-corrected chi connectivity index (χ1v) is 8.76. The smallest absolute Gasteiger partial charge is 0.314 e. The number of para-hydroxylation sites is 1. The zero-order valence-corrected chi connectivity index (χ0v) is 15.4. The molecule has 2 heterocycles. The van der Waals surface area contributed by atoms with Gasteiger partial charge in [-0.25, -0.2) is 9.48 Å². The van der Waals surface area contributed by atoms with Crippen LogP contribution in [0.4, 0.5) is 4.79 Å². The molecule has 0 aliphatic carbocycles. The van der Waals surface area contributed by atoms with Gasteiger partial charge in [-0.05, 0) is 18.6 Å². The van der Waals surface area contributed by atoms with Crippen LogP contribution in [0.1, 0.15) is 43.2 Å². The van der Waals surface area contributed by atoms with Crippen molar-refractivity contribution in [2.45, 2.75) is 38.6 Å². The minimum atomic E-state index is -0.450. The molecule has 1 aromatic heterocycles. The van der Waals surface area contributed by atoms with E-state index < -0.39 is 6.03 Å². The highest BCUT2D eigenvalue weighted by Crippen LogP contribution is 2.26. The Morgan fingerprint density at radius 3 is 2.50 bits per heavy atom. The van der Waals surface area contributed by atoms with Crippen LogP contribution in [-0.4, -0.2) is 45.8 Å². The fourth-order valence-electron chi connectivity index (χ4n) is 3.15. The van der Waals surface area contributed by atoms with Crippen LogP contribution < -0.4 is 11.1 Å². The van der Waals surface area contributed by atoms with Crippen LogP contribution in [0.15, 0.2) is 36.5 Å². The molecule has 1 atom stereocenters. The van der Waals surface area contributed by atoms with Crippen LogP contribution in [0, 0.1) is 0 Å².